The fraction of sp³-hybridized carbons (Fsp3) is 0.455. The van der Waals surface area contributed by atoms with Crippen molar-refractivity contribution in [2.24, 2.45) is 5.92 Å². The van der Waals surface area contributed by atoms with Crippen LogP contribution in [0.1, 0.15) is 23.4 Å². The molecule has 2 rings (SSSR count). The second kappa shape index (κ2) is 4.38. The third-order valence-electron chi connectivity index (χ3n) is 2.79. The predicted octanol–water partition coefficient (Wildman–Crippen LogP) is 1.22. The summed E-state index contributed by atoms with van der Waals surface area (Å²) >= 11 is 0. The van der Waals surface area contributed by atoms with Gasteiger partial charge in [-0.3, -0.25) is 9.59 Å². The normalized spacial score (nSPS) is 20.8. The summed E-state index contributed by atoms with van der Waals surface area (Å²) in [5, 5.41) is 8.91. The minimum Gasteiger partial charge on any atom is -0.481 e. The number of nitrogens with zero attached hydrogens (tertiary/aromatic N) is 1. The minimum absolute atomic E-state index is 0.226. The largest absolute Gasteiger partial charge is 0.481 e. The molecule has 16 heavy (non-hydrogen) atoms. The number of carbonyl (C=O) groups is 2. The molecule has 1 amide bonds. The van der Waals surface area contributed by atoms with Crippen LogP contribution in [0.15, 0.2) is 22.8 Å². The van der Waals surface area contributed by atoms with Crippen molar-refractivity contribution in [1.82, 2.24) is 4.90 Å². The number of furan rings is 1. The summed E-state index contributed by atoms with van der Waals surface area (Å²) in [4.78, 5) is 24.3. The maximum Gasteiger partial charge on any atom is 0.308 e. The second-order valence-corrected chi connectivity index (χ2v) is 3.91. The molecule has 0 aliphatic carbocycles. The van der Waals surface area contributed by atoms with Gasteiger partial charge >= 0.3 is 5.97 Å². The molecule has 1 aromatic rings. The standard InChI is InChI=1S/C11H13NO4/c13-10(9-4-2-6-16-9)12-5-1-3-8(7-12)11(14)15/h2,4,6,8H,1,3,5,7H2,(H,14,15)/t8-/m0/s1. The number of hydrogen-bond acceptors (Lipinski definition) is 3. The smallest absolute Gasteiger partial charge is 0.308 e. The van der Waals surface area contributed by atoms with E-state index < -0.39 is 11.9 Å². The van der Waals surface area contributed by atoms with Crippen LogP contribution in [-0.2, 0) is 4.79 Å². The predicted molar refractivity (Wildman–Crippen MR) is 55.0 cm³/mol. The summed E-state index contributed by atoms with van der Waals surface area (Å²) in [5.74, 6) is -1.24. The van der Waals surface area contributed by atoms with Gasteiger partial charge in [-0.25, -0.2) is 0 Å². The van der Waals surface area contributed by atoms with Crippen molar-refractivity contribution in [3.05, 3.63) is 24.2 Å². The van der Waals surface area contributed by atoms with E-state index in [1.54, 1.807) is 17.0 Å². The number of amides is 1. The number of carbonyl (C=O) groups excluding carboxylic acids is 1. The fourth-order valence-electron chi connectivity index (χ4n) is 1.92. The molecule has 1 aliphatic rings. The van der Waals surface area contributed by atoms with Gasteiger partial charge < -0.3 is 14.4 Å². The number of piperidine rings is 1. The Morgan fingerprint density at radius 3 is 2.94 bits per heavy atom. The van der Waals surface area contributed by atoms with Crippen LogP contribution in [0.2, 0.25) is 0 Å². The van der Waals surface area contributed by atoms with Crippen LogP contribution in [0.25, 0.3) is 0 Å². The maximum absolute atomic E-state index is 11.9. The molecule has 2 heterocycles. The molecule has 5 nitrogen and oxygen atoms in total. The van der Waals surface area contributed by atoms with Crippen molar-refractivity contribution in [1.29, 1.82) is 0 Å². The Morgan fingerprint density at radius 2 is 2.31 bits per heavy atom. The van der Waals surface area contributed by atoms with E-state index in [1.807, 2.05) is 0 Å². The second-order valence-electron chi connectivity index (χ2n) is 3.91. The molecule has 0 radical (unpaired) electrons. The van der Waals surface area contributed by atoms with Crippen molar-refractivity contribution < 1.29 is 19.1 Å². The Labute approximate surface area is 92.7 Å². The van der Waals surface area contributed by atoms with E-state index in [0.717, 1.165) is 6.42 Å². The topological polar surface area (TPSA) is 70.8 Å². The van der Waals surface area contributed by atoms with Crippen LogP contribution in [0, 0.1) is 5.92 Å². The van der Waals surface area contributed by atoms with E-state index in [4.69, 9.17) is 9.52 Å². The van der Waals surface area contributed by atoms with Gasteiger partial charge in [-0.05, 0) is 25.0 Å². The summed E-state index contributed by atoms with van der Waals surface area (Å²) in [6, 6.07) is 3.23. The first-order valence-corrected chi connectivity index (χ1v) is 5.24. The summed E-state index contributed by atoms with van der Waals surface area (Å²) in [7, 11) is 0. The monoisotopic (exact) mass is 223 g/mol. The van der Waals surface area contributed by atoms with Crippen molar-refractivity contribution in [3.8, 4) is 0 Å². The average Bonchev–Trinajstić information content (AvgIpc) is 2.81. The third-order valence-corrected chi connectivity index (χ3v) is 2.79. The molecule has 1 aliphatic heterocycles. The van der Waals surface area contributed by atoms with Crippen LogP contribution < -0.4 is 0 Å². The van der Waals surface area contributed by atoms with E-state index in [0.29, 0.717) is 13.0 Å². The number of hydrogen-bond donors (Lipinski definition) is 1. The number of aliphatic carboxylic acids is 1. The molecule has 0 spiro atoms. The molecule has 5 heteroatoms. The zero-order valence-electron chi connectivity index (χ0n) is 8.76. The lowest BCUT2D eigenvalue weighted by Gasteiger charge is -2.29. The van der Waals surface area contributed by atoms with Gasteiger partial charge in [0.05, 0.1) is 12.2 Å². The first-order valence-electron chi connectivity index (χ1n) is 5.24. The third kappa shape index (κ3) is 2.08. The zero-order chi connectivity index (χ0) is 11.5. The lowest BCUT2D eigenvalue weighted by molar-refractivity contribution is -0.143. The summed E-state index contributed by atoms with van der Waals surface area (Å²) < 4.78 is 5.01. The van der Waals surface area contributed by atoms with E-state index >= 15 is 0 Å². The molecule has 1 aromatic heterocycles. The van der Waals surface area contributed by atoms with E-state index in [2.05, 4.69) is 0 Å². The van der Waals surface area contributed by atoms with Gasteiger partial charge in [0.15, 0.2) is 5.76 Å². The lowest BCUT2D eigenvalue weighted by Crippen LogP contribution is -2.42. The van der Waals surface area contributed by atoms with Gasteiger partial charge in [-0.1, -0.05) is 0 Å². The summed E-state index contributed by atoms with van der Waals surface area (Å²) in [6.07, 6.45) is 2.80. The van der Waals surface area contributed by atoms with E-state index in [1.165, 1.54) is 6.26 Å². The van der Waals surface area contributed by atoms with Gasteiger partial charge in [0, 0.05) is 13.1 Å². The molecule has 0 aromatic carbocycles. The van der Waals surface area contributed by atoms with Crippen LogP contribution in [0.5, 0.6) is 0 Å². The van der Waals surface area contributed by atoms with Gasteiger partial charge in [0.1, 0.15) is 0 Å². The maximum atomic E-state index is 11.9. The van der Waals surface area contributed by atoms with E-state index in [9.17, 15) is 9.59 Å². The minimum atomic E-state index is -0.836. The first-order chi connectivity index (χ1) is 7.68. The zero-order valence-corrected chi connectivity index (χ0v) is 8.76. The van der Waals surface area contributed by atoms with Crippen molar-refractivity contribution in [3.63, 3.8) is 0 Å². The average molecular weight is 223 g/mol. The van der Waals surface area contributed by atoms with Gasteiger partial charge in [0.25, 0.3) is 5.91 Å². The molecule has 0 bridgehead atoms. The quantitative estimate of drug-likeness (QED) is 0.818. The Balaban J connectivity index is 2.05. The Hall–Kier alpha value is -1.78. The summed E-state index contributed by atoms with van der Waals surface area (Å²) in [5.41, 5.74) is 0. The first kappa shape index (κ1) is 10.7. The highest BCUT2D eigenvalue weighted by molar-refractivity contribution is 5.91. The van der Waals surface area contributed by atoms with Crippen molar-refractivity contribution >= 4 is 11.9 Å². The summed E-state index contributed by atoms with van der Waals surface area (Å²) in [6.45, 7) is 0.873. The molecule has 1 fully saturated rings. The molecule has 1 saturated heterocycles. The highest BCUT2D eigenvalue weighted by Gasteiger charge is 2.29. The van der Waals surface area contributed by atoms with Crippen LogP contribution in [-0.4, -0.2) is 35.0 Å². The number of carboxylic acids is 1. The fourth-order valence-corrected chi connectivity index (χ4v) is 1.92. The molecule has 86 valence electrons. The SMILES string of the molecule is O=C(O)[C@H]1CCCN(C(=O)c2ccco2)C1. The van der Waals surface area contributed by atoms with E-state index in [-0.39, 0.29) is 18.2 Å². The highest BCUT2D eigenvalue weighted by atomic mass is 16.4. The lowest BCUT2D eigenvalue weighted by atomic mass is 9.98. The van der Waals surface area contributed by atoms with Gasteiger partial charge in [-0.2, -0.15) is 0 Å². The number of likely N-dealkylation sites (tertiary alicyclic amines) is 1. The highest BCUT2D eigenvalue weighted by Crippen LogP contribution is 2.18. The van der Waals surface area contributed by atoms with Crippen LogP contribution in [0.4, 0.5) is 0 Å². The number of carboxylic acid groups (broad SMARTS) is 1. The molecule has 1 atom stereocenters. The molecule has 0 saturated carbocycles. The van der Waals surface area contributed by atoms with Crippen molar-refractivity contribution in [2.45, 2.75) is 12.8 Å². The van der Waals surface area contributed by atoms with Gasteiger partial charge in [0.2, 0.25) is 0 Å². The van der Waals surface area contributed by atoms with Crippen LogP contribution >= 0.6 is 0 Å². The Morgan fingerprint density at radius 1 is 1.50 bits per heavy atom. The molecular weight excluding hydrogens is 210 g/mol. The molecular formula is C11H13NO4. The molecule has 0 unspecified atom stereocenters. The van der Waals surface area contributed by atoms with Gasteiger partial charge in [-0.15, -0.1) is 0 Å². The van der Waals surface area contributed by atoms with Crippen LogP contribution in [0.3, 0.4) is 0 Å². The number of rotatable bonds is 2. The Bertz CT molecular complexity index is 385. The van der Waals surface area contributed by atoms with Crippen molar-refractivity contribution in [2.75, 3.05) is 13.1 Å². The molecule has 1 N–H and O–H groups in total. The Kier molecular flexibility index (Phi) is 2.94.